The molecule has 3 atom stereocenters. The fourth-order valence-electron chi connectivity index (χ4n) is 5.81. The topological polar surface area (TPSA) is 94.2 Å². The predicted octanol–water partition coefficient (Wildman–Crippen LogP) is 5.67. The number of halogens is 2. The van der Waals surface area contributed by atoms with Gasteiger partial charge in [-0.3, -0.25) is 14.5 Å². The van der Waals surface area contributed by atoms with Crippen molar-refractivity contribution in [1.82, 2.24) is 10.2 Å². The number of amides is 1. The van der Waals surface area contributed by atoms with Crippen LogP contribution in [0.1, 0.15) is 54.1 Å². The van der Waals surface area contributed by atoms with E-state index >= 15 is 0 Å². The van der Waals surface area contributed by atoms with Gasteiger partial charge < -0.3 is 19.5 Å². The Labute approximate surface area is 261 Å². The lowest BCUT2D eigenvalue weighted by Gasteiger charge is -2.33. The standard InChI is InChI=1S/C35H38F2N2O6/c1-3-44-34(41)31-9-4-5-16-39(31)20-22-10-14-26(15-11-22)45-21-25-17-28(25)33(40)38-19-24-13-12-23(18-30(24)37)27-7-6-8-29(36)32(27)35(42)43-2/h6-8,10-15,18,25,28,31H,3-5,9,16-17,19-21H2,1-2H3,(H,38,40). The first kappa shape index (κ1) is 32.1. The molecule has 3 aromatic rings. The van der Waals surface area contributed by atoms with Gasteiger partial charge in [0.05, 0.1) is 20.3 Å². The van der Waals surface area contributed by atoms with E-state index in [-0.39, 0.29) is 53.0 Å². The molecule has 1 amide bonds. The fourth-order valence-corrected chi connectivity index (χ4v) is 5.81. The van der Waals surface area contributed by atoms with Gasteiger partial charge >= 0.3 is 11.9 Å². The van der Waals surface area contributed by atoms with Crippen LogP contribution in [0.2, 0.25) is 0 Å². The number of rotatable bonds is 12. The van der Waals surface area contributed by atoms with Crippen molar-refractivity contribution in [2.45, 2.75) is 51.7 Å². The van der Waals surface area contributed by atoms with Crippen molar-refractivity contribution < 1.29 is 37.4 Å². The Morgan fingerprint density at radius 1 is 1.00 bits per heavy atom. The summed E-state index contributed by atoms with van der Waals surface area (Å²) >= 11 is 0. The first-order valence-electron chi connectivity index (χ1n) is 15.3. The van der Waals surface area contributed by atoms with Gasteiger partial charge in [0, 0.05) is 30.5 Å². The Bertz CT molecular complexity index is 1530. The van der Waals surface area contributed by atoms with Crippen molar-refractivity contribution in [1.29, 1.82) is 0 Å². The van der Waals surface area contributed by atoms with Gasteiger partial charge in [-0.2, -0.15) is 0 Å². The number of hydrogen-bond acceptors (Lipinski definition) is 7. The highest BCUT2D eigenvalue weighted by Gasteiger charge is 2.43. The van der Waals surface area contributed by atoms with E-state index in [0.717, 1.165) is 44.5 Å². The fraction of sp³-hybridized carbons (Fsp3) is 0.400. The summed E-state index contributed by atoms with van der Waals surface area (Å²) in [6, 6.07) is 16.0. The minimum absolute atomic E-state index is 0.00244. The largest absolute Gasteiger partial charge is 0.493 e. The number of hydrogen-bond donors (Lipinski definition) is 1. The number of carbonyl (C=O) groups is 3. The molecule has 2 fully saturated rings. The molecule has 1 heterocycles. The van der Waals surface area contributed by atoms with Gasteiger partial charge in [0.15, 0.2) is 0 Å². The third kappa shape index (κ3) is 7.86. The molecule has 1 saturated carbocycles. The van der Waals surface area contributed by atoms with Crippen molar-refractivity contribution in [3.05, 3.63) is 89.0 Å². The van der Waals surface area contributed by atoms with Crippen LogP contribution < -0.4 is 10.1 Å². The average molecular weight is 621 g/mol. The molecular formula is C35H38F2N2O6. The molecule has 5 rings (SSSR count). The Balaban J connectivity index is 1.08. The molecule has 2 aliphatic rings. The molecule has 3 aromatic carbocycles. The summed E-state index contributed by atoms with van der Waals surface area (Å²) in [4.78, 5) is 39.3. The molecule has 0 radical (unpaired) electrons. The summed E-state index contributed by atoms with van der Waals surface area (Å²) in [7, 11) is 1.15. The lowest BCUT2D eigenvalue weighted by atomic mass is 9.98. The third-order valence-corrected chi connectivity index (χ3v) is 8.43. The number of ether oxygens (including phenoxy) is 3. The van der Waals surface area contributed by atoms with E-state index in [1.165, 1.54) is 24.3 Å². The van der Waals surface area contributed by atoms with Crippen LogP contribution in [-0.4, -0.2) is 55.7 Å². The number of methoxy groups -OCH3 is 1. The van der Waals surface area contributed by atoms with Crippen LogP contribution in [-0.2, 0) is 32.2 Å². The molecule has 238 valence electrons. The Kier molecular flexibility index (Phi) is 10.4. The van der Waals surface area contributed by atoms with Crippen LogP contribution in [0, 0.1) is 23.5 Å². The zero-order valence-electron chi connectivity index (χ0n) is 25.5. The predicted molar refractivity (Wildman–Crippen MR) is 163 cm³/mol. The lowest BCUT2D eigenvalue weighted by molar-refractivity contribution is -0.151. The average Bonchev–Trinajstić information content (AvgIpc) is 3.83. The first-order valence-corrected chi connectivity index (χ1v) is 15.3. The number of nitrogens with zero attached hydrogens (tertiary/aromatic N) is 1. The van der Waals surface area contributed by atoms with Gasteiger partial charge in [0.2, 0.25) is 5.91 Å². The lowest BCUT2D eigenvalue weighted by Crippen LogP contribution is -2.44. The minimum Gasteiger partial charge on any atom is -0.493 e. The monoisotopic (exact) mass is 620 g/mol. The van der Waals surface area contributed by atoms with E-state index in [1.807, 2.05) is 31.2 Å². The van der Waals surface area contributed by atoms with Crippen molar-refractivity contribution in [2.24, 2.45) is 11.8 Å². The Morgan fingerprint density at radius 2 is 1.80 bits per heavy atom. The molecule has 45 heavy (non-hydrogen) atoms. The highest BCUT2D eigenvalue weighted by molar-refractivity contribution is 5.97. The first-order chi connectivity index (χ1) is 21.8. The minimum atomic E-state index is -0.849. The van der Waals surface area contributed by atoms with Crippen molar-refractivity contribution in [2.75, 3.05) is 26.9 Å². The quantitative estimate of drug-likeness (QED) is 0.261. The number of carbonyl (C=O) groups excluding carboxylic acids is 3. The molecule has 1 saturated heterocycles. The summed E-state index contributed by atoms with van der Waals surface area (Å²) in [6.07, 6.45) is 3.58. The van der Waals surface area contributed by atoms with Crippen molar-refractivity contribution >= 4 is 17.8 Å². The van der Waals surface area contributed by atoms with Gasteiger partial charge in [-0.05, 0) is 73.7 Å². The molecule has 0 bridgehead atoms. The molecule has 1 N–H and O–H groups in total. The number of benzene rings is 3. The van der Waals surface area contributed by atoms with Crippen LogP contribution >= 0.6 is 0 Å². The van der Waals surface area contributed by atoms with E-state index < -0.39 is 17.6 Å². The molecule has 8 nitrogen and oxygen atoms in total. The van der Waals surface area contributed by atoms with Crippen molar-refractivity contribution in [3.8, 4) is 16.9 Å². The number of esters is 2. The molecule has 10 heteroatoms. The SMILES string of the molecule is CCOC(=O)C1CCCCN1Cc1ccc(OCC2CC2C(=O)NCc2ccc(-c3cccc(F)c3C(=O)OC)cc2F)cc1. The van der Waals surface area contributed by atoms with E-state index in [9.17, 15) is 23.2 Å². The van der Waals surface area contributed by atoms with E-state index in [2.05, 4.69) is 15.0 Å². The molecule has 3 unspecified atom stereocenters. The van der Waals surface area contributed by atoms with Gasteiger partial charge in [-0.25, -0.2) is 13.6 Å². The van der Waals surface area contributed by atoms with E-state index in [1.54, 1.807) is 6.07 Å². The Morgan fingerprint density at radius 3 is 2.53 bits per heavy atom. The summed E-state index contributed by atoms with van der Waals surface area (Å²) in [6.45, 7) is 4.12. The second-order valence-corrected chi connectivity index (χ2v) is 11.5. The maximum atomic E-state index is 14.9. The number of nitrogens with one attached hydrogen (secondary N) is 1. The van der Waals surface area contributed by atoms with Crippen LogP contribution in [0.5, 0.6) is 5.75 Å². The summed E-state index contributed by atoms with van der Waals surface area (Å²) < 4.78 is 45.1. The highest BCUT2D eigenvalue weighted by atomic mass is 19.1. The molecular weight excluding hydrogens is 582 g/mol. The van der Waals surface area contributed by atoms with Crippen LogP contribution in [0.4, 0.5) is 8.78 Å². The van der Waals surface area contributed by atoms with Crippen molar-refractivity contribution in [3.63, 3.8) is 0 Å². The van der Waals surface area contributed by atoms with E-state index in [4.69, 9.17) is 9.47 Å². The van der Waals surface area contributed by atoms with Gasteiger partial charge in [-0.15, -0.1) is 0 Å². The van der Waals surface area contributed by atoms with Gasteiger partial charge in [-0.1, -0.05) is 42.8 Å². The second kappa shape index (κ2) is 14.6. The zero-order chi connectivity index (χ0) is 31.9. The molecule has 0 spiro atoms. The smallest absolute Gasteiger partial charge is 0.341 e. The summed E-state index contributed by atoms with van der Waals surface area (Å²) in [5.74, 6) is -1.93. The van der Waals surface area contributed by atoms with Crippen LogP contribution in [0.15, 0.2) is 60.7 Å². The maximum Gasteiger partial charge on any atom is 0.341 e. The zero-order valence-corrected chi connectivity index (χ0v) is 25.5. The Hall–Kier alpha value is -4.31. The molecule has 0 aromatic heterocycles. The number of piperidine rings is 1. The third-order valence-electron chi connectivity index (χ3n) is 8.43. The second-order valence-electron chi connectivity index (χ2n) is 11.5. The van der Waals surface area contributed by atoms with E-state index in [0.29, 0.717) is 37.5 Å². The van der Waals surface area contributed by atoms with Crippen LogP contribution in [0.3, 0.4) is 0 Å². The van der Waals surface area contributed by atoms with Crippen LogP contribution in [0.25, 0.3) is 11.1 Å². The van der Waals surface area contributed by atoms with Gasteiger partial charge in [0.1, 0.15) is 29.0 Å². The molecule has 1 aliphatic carbocycles. The highest BCUT2D eigenvalue weighted by Crippen LogP contribution is 2.39. The molecule has 1 aliphatic heterocycles. The normalized spacial score (nSPS) is 19.4. The summed E-state index contributed by atoms with van der Waals surface area (Å²) in [5, 5.41) is 2.80. The van der Waals surface area contributed by atoms with Gasteiger partial charge in [0.25, 0.3) is 0 Å². The number of likely N-dealkylation sites (tertiary alicyclic amines) is 1. The maximum absolute atomic E-state index is 14.9. The summed E-state index contributed by atoms with van der Waals surface area (Å²) in [5.41, 5.74) is 1.64.